The highest BCUT2D eigenvalue weighted by Crippen LogP contribution is 2.50. The number of piperidine rings is 1. The first-order valence-corrected chi connectivity index (χ1v) is 16.4. The molecule has 2 aromatic carbocycles. The molecule has 3 heterocycles. The zero-order valence-corrected chi connectivity index (χ0v) is 25.6. The molecular formula is C35H43N5OS. The normalized spacial score (nSPS) is 21.6. The molecule has 0 N–H and O–H groups in total. The van der Waals surface area contributed by atoms with Crippen molar-refractivity contribution in [2.75, 3.05) is 49.0 Å². The molecule has 7 heteroatoms. The molecule has 0 radical (unpaired) electrons. The number of benzene rings is 2. The quantitative estimate of drug-likeness (QED) is 0.183. The zero-order chi connectivity index (χ0) is 28.8. The number of pyridine rings is 1. The molecule has 3 aliphatic rings. The van der Waals surface area contributed by atoms with Gasteiger partial charge in [0.25, 0.3) is 0 Å². The van der Waals surface area contributed by atoms with Crippen molar-refractivity contribution < 1.29 is 4.18 Å². The summed E-state index contributed by atoms with van der Waals surface area (Å²) in [4.78, 5) is 9.28. The van der Waals surface area contributed by atoms with Gasteiger partial charge in [-0.3, -0.25) is 9.29 Å². The van der Waals surface area contributed by atoms with Gasteiger partial charge < -0.3 is 14.0 Å². The standard InChI is InChI=1S/C35H43N5OS/c1-38(32-15-20-37-21-16-32)42-41-34-13-11-33(12-14-34)40-24-17-28(26-40)25-39-22-18-31(19-23-39)35(27-36,30-9-5-6-10-30)29-7-3-2-4-8-29/h2-4,7-8,11-16,20-21,28,30-31H,5-6,9-10,17-19,22-26H2,1H3. The fraction of sp³-hybridized carbons (Fsp3) is 0.486. The molecule has 3 aromatic rings. The predicted molar refractivity (Wildman–Crippen MR) is 172 cm³/mol. The van der Waals surface area contributed by atoms with Crippen LogP contribution < -0.4 is 13.4 Å². The third kappa shape index (κ3) is 6.26. The van der Waals surface area contributed by atoms with Gasteiger partial charge in [0, 0.05) is 44.8 Å². The number of hydrogen-bond donors (Lipinski definition) is 0. The smallest absolute Gasteiger partial charge is 0.179 e. The second-order valence-corrected chi connectivity index (χ2v) is 13.2. The van der Waals surface area contributed by atoms with Crippen LogP contribution in [-0.2, 0) is 5.41 Å². The van der Waals surface area contributed by atoms with E-state index in [0.29, 0.717) is 17.8 Å². The van der Waals surface area contributed by atoms with Crippen LogP contribution in [0, 0.1) is 29.1 Å². The van der Waals surface area contributed by atoms with Crippen molar-refractivity contribution >= 4 is 23.6 Å². The van der Waals surface area contributed by atoms with E-state index in [4.69, 9.17) is 4.18 Å². The van der Waals surface area contributed by atoms with Gasteiger partial charge in [-0.05, 0) is 105 Å². The lowest BCUT2D eigenvalue weighted by Crippen LogP contribution is -2.47. The Labute approximate surface area is 256 Å². The summed E-state index contributed by atoms with van der Waals surface area (Å²) in [5, 5.41) is 10.7. The van der Waals surface area contributed by atoms with E-state index in [2.05, 4.69) is 75.5 Å². The SMILES string of the molecule is CN(SOc1ccc(N2CCC(CN3CCC(C(C#N)(c4ccccc4)C4CCCC4)CC3)C2)cc1)c1ccncc1. The highest BCUT2D eigenvalue weighted by Gasteiger charge is 2.48. The predicted octanol–water partition coefficient (Wildman–Crippen LogP) is 7.35. The molecule has 2 saturated heterocycles. The number of likely N-dealkylation sites (tertiary alicyclic amines) is 1. The third-order valence-corrected chi connectivity index (χ3v) is 10.6. The Morgan fingerprint density at radius 2 is 1.60 bits per heavy atom. The largest absolute Gasteiger partial charge is 0.405 e. The maximum absolute atomic E-state index is 10.7. The van der Waals surface area contributed by atoms with Crippen LogP contribution in [0.3, 0.4) is 0 Å². The minimum Gasteiger partial charge on any atom is -0.405 e. The summed E-state index contributed by atoms with van der Waals surface area (Å²) in [6, 6.07) is 26.2. The van der Waals surface area contributed by atoms with Crippen LogP contribution in [0.4, 0.5) is 11.4 Å². The Morgan fingerprint density at radius 1 is 0.905 bits per heavy atom. The lowest BCUT2D eigenvalue weighted by Gasteiger charge is -2.45. The van der Waals surface area contributed by atoms with Gasteiger partial charge in [0.2, 0.25) is 0 Å². The molecule has 42 heavy (non-hydrogen) atoms. The number of hydrogen-bond acceptors (Lipinski definition) is 7. The Balaban J connectivity index is 0.998. The van der Waals surface area contributed by atoms with Crippen molar-refractivity contribution in [3.05, 3.63) is 84.7 Å². The van der Waals surface area contributed by atoms with Gasteiger partial charge in [0.15, 0.2) is 12.2 Å². The molecule has 2 aliphatic heterocycles. The summed E-state index contributed by atoms with van der Waals surface area (Å²) < 4.78 is 7.93. The lowest BCUT2D eigenvalue weighted by atomic mass is 9.60. The van der Waals surface area contributed by atoms with E-state index in [1.165, 1.54) is 55.6 Å². The van der Waals surface area contributed by atoms with Crippen LogP contribution in [0.15, 0.2) is 79.1 Å². The first kappa shape index (κ1) is 28.9. The molecule has 1 aromatic heterocycles. The van der Waals surface area contributed by atoms with Gasteiger partial charge in [0.05, 0.1) is 17.2 Å². The second-order valence-electron chi connectivity index (χ2n) is 12.4. The topological polar surface area (TPSA) is 55.6 Å². The van der Waals surface area contributed by atoms with Crippen molar-refractivity contribution in [2.45, 2.75) is 50.4 Å². The first-order valence-electron chi connectivity index (χ1n) is 15.7. The molecule has 2 unspecified atom stereocenters. The molecule has 6 nitrogen and oxygen atoms in total. The van der Waals surface area contributed by atoms with Crippen LogP contribution in [0.1, 0.15) is 50.5 Å². The summed E-state index contributed by atoms with van der Waals surface area (Å²) in [6.45, 7) is 5.60. The highest BCUT2D eigenvalue weighted by atomic mass is 32.2. The number of nitrogens with zero attached hydrogens (tertiary/aromatic N) is 5. The van der Waals surface area contributed by atoms with E-state index in [1.54, 1.807) is 12.4 Å². The van der Waals surface area contributed by atoms with Crippen LogP contribution in [0.25, 0.3) is 0 Å². The number of rotatable bonds is 10. The summed E-state index contributed by atoms with van der Waals surface area (Å²) in [5.74, 6) is 2.49. The van der Waals surface area contributed by atoms with Gasteiger partial charge in [-0.2, -0.15) is 5.26 Å². The van der Waals surface area contributed by atoms with Crippen LogP contribution in [0.5, 0.6) is 5.75 Å². The van der Waals surface area contributed by atoms with E-state index in [1.807, 2.05) is 23.5 Å². The number of anilines is 2. The van der Waals surface area contributed by atoms with E-state index >= 15 is 0 Å². The van der Waals surface area contributed by atoms with Gasteiger partial charge >= 0.3 is 0 Å². The van der Waals surface area contributed by atoms with Gasteiger partial charge in [-0.25, -0.2) is 0 Å². The number of aromatic nitrogens is 1. The monoisotopic (exact) mass is 581 g/mol. The molecule has 1 aliphatic carbocycles. The number of nitriles is 1. The van der Waals surface area contributed by atoms with Gasteiger partial charge in [-0.15, -0.1) is 0 Å². The minimum atomic E-state index is -0.323. The molecule has 0 spiro atoms. The zero-order valence-electron chi connectivity index (χ0n) is 24.8. The summed E-state index contributed by atoms with van der Waals surface area (Å²) in [7, 11) is 1.99. The summed E-state index contributed by atoms with van der Waals surface area (Å²) in [6.07, 6.45) is 12.0. The molecule has 3 fully saturated rings. The first-order chi connectivity index (χ1) is 20.7. The third-order valence-electron chi connectivity index (χ3n) is 9.94. The Hall–Kier alpha value is -3.21. The maximum atomic E-state index is 10.7. The van der Waals surface area contributed by atoms with E-state index in [-0.39, 0.29) is 5.41 Å². The molecule has 1 saturated carbocycles. The summed E-state index contributed by atoms with van der Waals surface area (Å²) in [5.41, 5.74) is 3.26. The van der Waals surface area contributed by atoms with Crippen LogP contribution in [-0.4, -0.2) is 49.7 Å². The van der Waals surface area contributed by atoms with Crippen molar-refractivity contribution in [3.8, 4) is 11.8 Å². The highest BCUT2D eigenvalue weighted by molar-refractivity contribution is 7.96. The lowest BCUT2D eigenvalue weighted by molar-refractivity contribution is 0.110. The Morgan fingerprint density at radius 3 is 2.29 bits per heavy atom. The summed E-state index contributed by atoms with van der Waals surface area (Å²) >= 11 is 1.32. The molecule has 220 valence electrons. The van der Waals surface area contributed by atoms with Crippen molar-refractivity contribution in [2.24, 2.45) is 17.8 Å². The maximum Gasteiger partial charge on any atom is 0.179 e. The van der Waals surface area contributed by atoms with E-state index in [0.717, 1.165) is 57.0 Å². The van der Waals surface area contributed by atoms with Gasteiger partial charge in [0.1, 0.15) is 5.75 Å². The van der Waals surface area contributed by atoms with Gasteiger partial charge in [-0.1, -0.05) is 43.2 Å². The second kappa shape index (κ2) is 13.4. The minimum absolute atomic E-state index is 0.323. The fourth-order valence-electron chi connectivity index (χ4n) is 7.71. The molecule has 0 bridgehead atoms. The average molecular weight is 582 g/mol. The molecule has 6 rings (SSSR count). The molecule has 2 atom stereocenters. The average Bonchev–Trinajstić information content (AvgIpc) is 3.76. The Kier molecular flexibility index (Phi) is 9.21. The van der Waals surface area contributed by atoms with Crippen LogP contribution >= 0.6 is 12.2 Å². The van der Waals surface area contributed by atoms with Crippen molar-refractivity contribution in [3.63, 3.8) is 0 Å². The Bertz CT molecular complexity index is 1300. The van der Waals surface area contributed by atoms with Crippen LogP contribution in [0.2, 0.25) is 0 Å². The van der Waals surface area contributed by atoms with Crippen molar-refractivity contribution in [1.82, 2.24) is 9.88 Å². The van der Waals surface area contributed by atoms with Crippen molar-refractivity contribution in [1.29, 1.82) is 5.26 Å². The fourth-order valence-corrected chi connectivity index (χ4v) is 8.22. The molecule has 0 amide bonds. The van der Waals surface area contributed by atoms with E-state index in [9.17, 15) is 5.26 Å². The van der Waals surface area contributed by atoms with E-state index < -0.39 is 0 Å². The molecular weight excluding hydrogens is 538 g/mol.